The van der Waals surface area contributed by atoms with Crippen molar-refractivity contribution in [2.45, 2.75) is 38.3 Å². The van der Waals surface area contributed by atoms with Gasteiger partial charge in [0.1, 0.15) is 5.82 Å². The van der Waals surface area contributed by atoms with Crippen molar-refractivity contribution in [3.05, 3.63) is 58.7 Å². The Morgan fingerprint density at radius 1 is 1.25 bits per heavy atom. The summed E-state index contributed by atoms with van der Waals surface area (Å²) in [6.07, 6.45) is 5.19. The van der Waals surface area contributed by atoms with Crippen molar-refractivity contribution in [1.82, 2.24) is 15.6 Å². The summed E-state index contributed by atoms with van der Waals surface area (Å²) in [7, 11) is 1.83. The van der Waals surface area contributed by atoms with Crippen molar-refractivity contribution in [2.24, 2.45) is 10.9 Å². The number of pyridine rings is 1. The van der Waals surface area contributed by atoms with E-state index < -0.39 is 0 Å². The lowest BCUT2D eigenvalue weighted by Crippen LogP contribution is -2.46. The lowest BCUT2D eigenvalue weighted by molar-refractivity contribution is -0.0265. The number of hydrogen-bond donors (Lipinski definition) is 2. The van der Waals surface area contributed by atoms with Crippen LogP contribution in [0.15, 0.2) is 47.6 Å². The van der Waals surface area contributed by atoms with Crippen molar-refractivity contribution in [3.63, 3.8) is 0 Å². The first-order valence-corrected chi connectivity index (χ1v) is 11.5. The average Bonchev–Trinajstić information content (AvgIpc) is 3.26. The van der Waals surface area contributed by atoms with Crippen LogP contribution >= 0.6 is 35.6 Å². The Morgan fingerprint density at radius 3 is 2.81 bits per heavy atom. The van der Waals surface area contributed by atoms with E-state index in [1.165, 1.54) is 11.1 Å². The van der Waals surface area contributed by atoms with Gasteiger partial charge < -0.3 is 20.3 Å². The second kappa shape index (κ2) is 12.0. The van der Waals surface area contributed by atoms with Crippen LogP contribution in [0.25, 0.3) is 0 Å². The zero-order valence-electron chi connectivity index (χ0n) is 18.8. The van der Waals surface area contributed by atoms with Crippen LogP contribution in [0.5, 0.6) is 0 Å². The van der Waals surface area contributed by atoms with E-state index >= 15 is 0 Å². The van der Waals surface area contributed by atoms with Crippen LogP contribution in [0.3, 0.4) is 0 Å². The number of hydrogen-bond acceptors (Lipinski definition) is 4. The molecule has 4 rings (SSSR count). The van der Waals surface area contributed by atoms with Gasteiger partial charge in [-0.3, -0.25) is 4.99 Å². The number of nitrogens with zero attached hydrogens (tertiary/aromatic N) is 3. The summed E-state index contributed by atoms with van der Waals surface area (Å²) in [5.41, 5.74) is 2.54. The molecule has 0 bridgehead atoms. The Labute approximate surface area is 213 Å². The number of rotatable bonds is 5. The predicted octanol–water partition coefficient (Wildman–Crippen LogP) is 4.57. The molecule has 8 heteroatoms. The molecule has 2 fully saturated rings. The fourth-order valence-corrected chi connectivity index (χ4v) is 4.71. The molecule has 2 aliphatic rings. The van der Waals surface area contributed by atoms with Gasteiger partial charge in [0.2, 0.25) is 0 Å². The van der Waals surface area contributed by atoms with Gasteiger partial charge in [-0.1, -0.05) is 41.4 Å². The predicted molar refractivity (Wildman–Crippen MR) is 142 cm³/mol. The molecule has 1 aromatic heterocycles. The Hall–Kier alpha value is -1.58. The van der Waals surface area contributed by atoms with Crippen LogP contribution in [-0.2, 0) is 4.74 Å². The largest absolute Gasteiger partial charge is 0.373 e. The Kier molecular flexibility index (Phi) is 9.43. The molecule has 32 heavy (non-hydrogen) atoms. The smallest absolute Gasteiger partial charge is 0.191 e. The highest BCUT2D eigenvalue weighted by atomic mass is 127. The first-order chi connectivity index (χ1) is 15.1. The molecule has 0 saturated carbocycles. The topological polar surface area (TPSA) is 61.8 Å². The molecular formula is C24H33ClIN5O. The summed E-state index contributed by atoms with van der Waals surface area (Å²) in [6.45, 7) is 5.57. The summed E-state index contributed by atoms with van der Waals surface area (Å²) >= 11 is 6.32. The van der Waals surface area contributed by atoms with Gasteiger partial charge >= 0.3 is 0 Å². The molecule has 6 nitrogen and oxygen atoms in total. The van der Waals surface area contributed by atoms with E-state index in [2.05, 4.69) is 56.7 Å². The Balaban J connectivity index is 0.00000289. The lowest BCUT2D eigenvalue weighted by Gasteiger charge is -2.33. The van der Waals surface area contributed by atoms with Crippen molar-refractivity contribution < 1.29 is 4.74 Å². The molecule has 2 N–H and O–H groups in total. The zero-order chi connectivity index (χ0) is 21.6. The third-order valence-electron chi connectivity index (χ3n) is 6.17. The van der Waals surface area contributed by atoms with Gasteiger partial charge in [-0.25, -0.2) is 4.98 Å². The minimum absolute atomic E-state index is 0. The van der Waals surface area contributed by atoms with Crippen LogP contribution in [0.4, 0.5) is 5.82 Å². The van der Waals surface area contributed by atoms with E-state index in [-0.39, 0.29) is 30.1 Å². The maximum Gasteiger partial charge on any atom is 0.191 e. The molecule has 0 spiro atoms. The summed E-state index contributed by atoms with van der Waals surface area (Å²) in [4.78, 5) is 11.1. The van der Waals surface area contributed by atoms with Crippen LogP contribution in [0, 0.1) is 12.8 Å². The van der Waals surface area contributed by atoms with Crippen molar-refractivity contribution in [1.29, 1.82) is 0 Å². The van der Waals surface area contributed by atoms with Crippen LogP contribution in [-0.4, -0.2) is 50.3 Å². The summed E-state index contributed by atoms with van der Waals surface area (Å²) in [5.74, 6) is 2.12. The molecule has 0 radical (unpaired) electrons. The standard InChI is InChI=1S/C24H32ClN5O.HI/c1-17-7-9-18(10-8-17)22-19(5-4-14-31-22)15-28-24(26-2)29-20-11-13-30(16-20)23-21(25)6-3-12-27-23;/h3,6-10,12,19-20,22H,4-5,11,13-16H2,1-2H3,(H2,26,28,29);1H. The first-order valence-electron chi connectivity index (χ1n) is 11.1. The number of guanidine groups is 1. The maximum absolute atomic E-state index is 6.32. The van der Waals surface area contributed by atoms with E-state index in [4.69, 9.17) is 16.3 Å². The maximum atomic E-state index is 6.32. The van der Waals surface area contributed by atoms with Gasteiger partial charge in [0.05, 0.1) is 11.1 Å². The molecule has 3 atom stereocenters. The van der Waals surface area contributed by atoms with Crippen molar-refractivity contribution in [2.75, 3.05) is 38.2 Å². The molecule has 3 unspecified atom stereocenters. The van der Waals surface area contributed by atoms with E-state index in [0.717, 1.165) is 57.3 Å². The molecule has 2 aromatic rings. The highest BCUT2D eigenvalue weighted by Gasteiger charge is 2.29. The third kappa shape index (κ3) is 6.26. The van der Waals surface area contributed by atoms with Gasteiger partial charge in [-0.05, 0) is 43.9 Å². The first kappa shape index (κ1) is 25.1. The number of benzene rings is 1. The molecule has 0 aliphatic carbocycles. The van der Waals surface area contributed by atoms with Crippen LogP contribution in [0.1, 0.15) is 36.5 Å². The fourth-order valence-electron chi connectivity index (χ4n) is 4.47. The lowest BCUT2D eigenvalue weighted by atomic mass is 9.89. The number of anilines is 1. The van der Waals surface area contributed by atoms with E-state index in [1.807, 2.05) is 19.2 Å². The molecule has 2 aliphatic heterocycles. The number of ether oxygens (including phenoxy) is 1. The zero-order valence-corrected chi connectivity index (χ0v) is 21.8. The molecule has 0 amide bonds. The second-order valence-corrected chi connectivity index (χ2v) is 8.85. The van der Waals surface area contributed by atoms with Crippen molar-refractivity contribution in [3.8, 4) is 0 Å². The Bertz CT molecular complexity index is 894. The Morgan fingerprint density at radius 2 is 2.06 bits per heavy atom. The number of halogens is 2. The quantitative estimate of drug-likeness (QED) is 0.314. The highest BCUT2D eigenvalue weighted by Crippen LogP contribution is 2.33. The van der Waals surface area contributed by atoms with Gasteiger partial charge in [-0.2, -0.15) is 0 Å². The van der Waals surface area contributed by atoms with Gasteiger partial charge in [0, 0.05) is 51.4 Å². The normalized spacial score (nSPS) is 23.5. The SMILES string of the molecule is CN=C(NCC1CCCOC1c1ccc(C)cc1)NC1CCN(c2ncccc2Cl)C1.I. The minimum Gasteiger partial charge on any atom is -0.373 e. The van der Waals surface area contributed by atoms with E-state index in [0.29, 0.717) is 17.0 Å². The van der Waals surface area contributed by atoms with Crippen molar-refractivity contribution >= 4 is 47.4 Å². The minimum atomic E-state index is 0. The van der Waals surface area contributed by atoms with E-state index in [9.17, 15) is 0 Å². The monoisotopic (exact) mass is 569 g/mol. The molecular weight excluding hydrogens is 537 g/mol. The van der Waals surface area contributed by atoms with Gasteiger partial charge in [0.25, 0.3) is 0 Å². The molecule has 2 saturated heterocycles. The molecule has 1 aromatic carbocycles. The third-order valence-corrected chi connectivity index (χ3v) is 6.47. The van der Waals surface area contributed by atoms with Crippen LogP contribution in [0.2, 0.25) is 5.02 Å². The van der Waals surface area contributed by atoms with Crippen LogP contribution < -0.4 is 15.5 Å². The molecule has 174 valence electrons. The second-order valence-electron chi connectivity index (χ2n) is 8.44. The summed E-state index contributed by atoms with van der Waals surface area (Å²) in [6, 6.07) is 12.8. The fraction of sp³-hybridized carbons (Fsp3) is 0.500. The number of aryl methyl sites for hydroxylation is 1. The number of aliphatic imine (C=N–C) groups is 1. The van der Waals surface area contributed by atoms with Gasteiger partial charge in [-0.15, -0.1) is 24.0 Å². The average molecular weight is 570 g/mol. The summed E-state index contributed by atoms with van der Waals surface area (Å²) < 4.78 is 6.16. The van der Waals surface area contributed by atoms with Gasteiger partial charge in [0.15, 0.2) is 5.96 Å². The number of nitrogens with one attached hydrogen (secondary N) is 2. The molecule has 3 heterocycles. The number of aromatic nitrogens is 1. The highest BCUT2D eigenvalue weighted by molar-refractivity contribution is 14.0. The summed E-state index contributed by atoms with van der Waals surface area (Å²) in [5, 5.41) is 7.81. The van der Waals surface area contributed by atoms with E-state index in [1.54, 1.807) is 6.20 Å².